The second kappa shape index (κ2) is 6.15. The van der Waals surface area contributed by atoms with E-state index in [4.69, 9.17) is 0 Å². The number of nitrogens with one attached hydrogen (secondary N) is 1. The molecule has 2 N–H and O–H groups in total. The van der Waals surface area contributed by atoms with Crippen molar-refractivity contribution in [2.24, 2.45) is 10.5 Å². The van der Waals surface area contributed by atoms with Crippen LogP contribution in [0.1, 0.15) is 57.4 Å². The van der Waals surface area contributed by atoms with Gasteiger partial charge in [0.05, 0.1) is 10.5 Å². The second-order valence-corrected chi connectivity index (χ2v) is 9.06. The molecule has 3 aliphatic rings. The zero-order valence-electron chi connectivity index (χ0n) is 14.4. The van der Waals surface area contributed by atoms with E-state index in [-0.39, 0.29) is 10.3 Å². The van der Waals surface area contributed by atoms with E-state index in [0.717, 1.165) is 49.8 Å². The molecule has 132 valence electrons. The van der Waals surface area contributed by atoms with E-state index in [0.29, 0.717) is 6.42 Å². The molecule has 6 heteroatoms. The minimum atomic E-state index is -3.67. The van der Waals surface area contributed by atoms with Crippen molar-refractivity contribution in [3.63, 3.8) is 0 Å². The maximum absolute atomic E-state index is 12.5. The van der Waals surface area contributed by atoms with Gasteiger partial charge in [0, 0.05) is 17.5 Å². The molecule has 1 aromatic rings. The molecular formula is C18H26N2O3S. The minimum Gasteiger partial charge on any atom is -0.389 e. The first-order valence-corrected chi connectivity index (χ1v) is 10.1. The molecule has 0 aliphatic heterocycles. The summed E-state index contributed by atoms with van der Waals surface area (Å²) < 4.78 is 24.9. The zero-order valence-corrected chi connectivity index (χ0v) is 15.2. The van der Waals surface area contributed by atoms with Crippen LogP contribution in [0, 0.1) is 12.3 Å². The third-order valence-corrected chi connectivity index (χ3v) is 6.83. The van der Waals surface area contributed by atoms with Gasteiger partial charge in [0.1, 0.15) is 0 Å². The van der Waals surface area contributed by atoms with Crippen molar-refractivity contribution in [1.82, 2.24) is 4.83 Å². The summed E-state index contributed by atoms with van der Waals surface area (Å²) in [4.78, 5) is 2.61. The van der Waals surface area contributed by atoms with E-state index in [1.165, 1.54) is 0 Å². The Morgan fingerprint density at radius 2 is 1.79 bits per heavy atom. The summed E-state index contributed by atoms with van der Waals surface area (Å²) in [6.07, 6.45) is 5.86. The fourth-order valence-electron chi connectivity index (χ4n) is 4.07. The number of hydrazone groups is 1. The SMILES string of the molecule is CCCC12CCC(O)(CC1)C/C2=N\NS(=O)(=O)c1ccc(C)cc1. The molecule has 4 rings (SSSR count). The van der Waals surface area contributed by atoms with Crippen molar-refractivity contribution < 1.29 is 13.5 Å². The fourth-order valence-corrected chi connectivity index (χ4v) is 4.90. The Kier molecular flexibility index (Phi) is 4.47. The maximum Gasteiger partial charge on any atom is 0.276 e. The minimum absolute atomic E-state index is 0.0466. The van der Waals surface area contributed by atoms with Gasteiger partial charge in [-0.1, -0.05) is 31.0 Å². The number of sulfonamides is 1. The molecule has 3 fully saturated rings. The van der Waals surface area contributed by atoms with E-state index in [9.17, 15) is 13.5 Å². The van der Waals surface area contributed by atoms with Crippen LogP contribution in [0.15, 0.2) is 34.3 Å². The summed E-state index contributed by atoms with van der Waals surface area (Å²) in [5.41, 5.74) is 1.08. The molecule has 0 saturated heterocycles. The van der Waals surface area contributed by atoms with Crippen molar-refractivity contribution in [1.29, 1.82) is 0 Å². The predicted molar refractivity (Wildman–Crippen MR) is 94.3 cm³/mol. The number of aliphatic hydroxyl groups is 1. The lowest BCUT2D eigenvalue weighted by Gasteiger charge is -2.51. The lowest BCUT2D eigenvalue weighted by Crippen LogP contribution is -2.52. The van der Waals surface area contributed by atoms with E-state index >= 15 is 0 Å². The first kappa shape index (κ1) is 17.4. The third-order valence-electron chi connectivity index (χ3n) is 5.61. The van der Waals surface area contributed by atoms with Crippen LogP contribution in [0.3, 0.4) is 0 Å². The summed E-state index contributed by atoms with van der Waals surface area (Å²) in [5.74, 6) is 0. The molecule has 0 radical (unpaired) electrons. The number of fused-ring (bicyclic) bond motifs is 3. The molecule has 0 unspecified atom stereocenters. The number of hydrogen-bond acceptors (Lipinski definition) is 4. The molecule has 3 saturated carbocycles. The van der Waals surface area contributed by atoms with Crippen LogP contribution in [0.5, 0.6) is 0 Å². The first-order chi connectivity index (χ1) is 11.3. The van der Waals surface area contributed by atoms with Crippen molar-refractivity contribution in [2.45, 2.75) is 69.3 Å². The van der Waals surface area contributed by atoms with E-state index in [1.807, 2.05) is 6.92 Å². The normalized spacial score (nSPS) is 31.4. The van der Waals surface area contributed by atoms with Gasteiger partial charge < -0.3 is 5.11 Å². The summed E-state index contributed by atoms with van der Waals surface area (Å²) in [6, 6.07) is 6.71. The van der Waals surface area contributed by atoms with Gasteiger partial charge in [-0.25, -0.2) is 4.83 Å². The van der Waals surface area contributed by atoms with Gasteiger partial charge in [-0.15, -0.1) is 0 Å². The third kappa shape index (κ3) is 3.22. The average molecular weight is 350 g/mol. The highest BCUT2D eigenvalue weighted by Gasteiger charge is 2.51. The standard InChI is InChI=1S/C18H26N2O3S/c1-3-8-17-9-11-18(21,12-10-17)13-16(17)19-20-24(22,23)15-6-4-14(2)5-7-15/h4-7,20-21H,3,8-13H2,1-2H3/b19-16+. The second-order valence-electron chi connectivity index (χ2n) is 7.40. The quantitative estimate of drug-likeness (QED) is 0.801. The van der Waals surface area contributed by atoms with E-state index in [2.05, 4.69) is 16.9 Å². The largest absolute Gasteiger partial charge is 0.389 e. The smallest absolute Gasteiger partial charge is 0.276 e. The number of hydrogen-bond donors (Lipinski definition) is 2. The number of nitrogens with zero attached hydrogens (tertiary/aromatic N) is 1. The Morgan fingerprint density at radius 3 is 2.38 bits per heavy atom. The maximum atomic E-state index is 12.5. The summed E-state index contributed by atoms with van der Waals surface area (Å²) in [6.45, 7) is 4.05. The Balaban J connectivity index is 1.85. The summed E-state index contributed by atoms with van der Waals surface area (Å²) >= 11 is 0. The Labute approximate surface area is 144 Å². The van der Waals surface area contributed by atoms with Crippen LogP contribution in [-0.2, 0) is 10.0 Å². The number of rotatable bonds is 5. The molecule has 0 atom stereocenters. The lowest BCUT2D eigenvalue weighted by molar-refractivity contribution is -0.0371. The lowest BCUT2D eigenvalue weighted by atomic mass is 9.56. The number of benzene rings is 1. The molecular weight excluding hydrogens is 324 g/mol. The van der Waals surface area contributed by atoms with Gasteiger partial charge in [0.2, 0.25) is 0 Å². The molecule has 3 aliphatic carbocycles. The topological polar surface area (TPSA) is 78.8 Å². The molecule has 24 heavy (non-hydrogen) atoms. The monoisotopic (exact) mass is 350 g/mol. The van der Waals surface area contributed by atoms with Crippen molar-refractivity contribution in [3.05, 3.63) is 29.8 Å². The van der Waals surface area contributed by atoms with Gasteiger partial charge in [-0.3, -0.25) is 0 Å². The van der Waals surface area contributed by atoms with Crippen molar-refractivity contribution in [2.75, 3.05) is 0 Å². The van der Waals surface area contributed by atoms with Crippen LogP contribution in [-0.4, -0.2) is 24.8 Å². The molecule has 0 amide bonds. The Bertz CT molecular complexity index is 730. The van der Waals surface area contributed by atoms with Gasteiger partial charge >= 0.3 is 0 Å². The van der Waals surface area contributed by atoms with Crippen molar-refractivity contribution >= 4 is 15.7 Å². The van der Waals surface area contributed by atoms with Crippen LogP contribution < -0.4 is 4.83 Å². The molecule has 0 heterocycles. The molecule has 2 bridgehead atoms. The zero-order chi connectivity index (χ0) is 17.4. The highest BCUT2D eigenvalue weighted by molar-refractivity contribution is 7.89. The summed E-state index contributed by atoms with van der Waals surface area (Å²) in [7, 11) is -3.67. The highest BCUT2D eigenvalue weighted by Crippen LogP contribution is 2.52. The highest BCUT2D eigenvalue weighted by atomic mass is 32.2. The van der Waals surface area contributed by atoms with E-state index < -0.39 is 15.6 Å². The van der Waals surface area contributed by atoms with Gasteiger partial charge in [0.15, 0.2) is 0 Å². The van der Waals surface area contributed by atoms with Gasteiger partial charge in [0.25, 0.3) is 10.0 Å². The molecule has 5 nitrogen and oxygen atoms in total. The Morgan fingerprint density at radius 1 is 1.17 bits per heavy atom. The average Bonchev–Trinajstić information content (AvgIpc) is 2.55. The predicted octanol–water partition coefficient (Wildman–Crippen LogP) is 3.12. The van der Waals surface area contributed by atoms with Gasteiger partial charge in [-0.05, 0) is 51.2 Å². The molecule has 0 aromatic heterocycles. The van der Waals surface area contributed by atoms with Gasteiger partial charge in [-0.2, -0.15) is 13.5 Å². The van der Waals surface area contributed by atoms with Crippen LogP contribution in [0.4, 0.5) is 0 Å². The molecule has 1 aromatic carbocycles. The molecule has 0 spiro atoms. The van der Waals surface area contributed by atoms with Crippen LogP contribution in [0.25, 0.3) is 0 Å². The number of aryl methyl sites for hydroxylation is 1. The Hall–Kier alpha value is -1.40. The van der Waals surface area contributed by atoms with E-state index in [1.54, 1.807) is 24.3 Å². The van der Waals surface area contributed by atoms with Crippen LogP contribution >= 0.6 is 0 Å². The van der Waals surface area contributed by atoms with Crippen molar-refractivity contribution in [3.8, 4) is 0 Å². The first-order valence-electron chi connectivity index (χ1n) is 8.67. The fraction of sp³-hybridized carbons (Fsp3) is 0.611. The summed E-state index contributed by atoms with van der Waals surface area (Å²) in [5, 5.41) is 14.9. The van der Waals surface area contributed by atoms with Crippen LogP contribution in [0.2, 0.25) is 0 Å².